The predicted molar refractivity (Wildman–Crippen MR) is 28.2 cm³/mol. The Morgan fingerprint density at radius 3 is 3.00 bits per heavy atom. The van der Waals surface area contributed by atoms with Crippen LogP contribution in [0.5, 0.6) is 0 Å². The molecule has 0 aromatic rings. The van der Waals surface area contributed by atoms with Crippen molar-refractivity contribution in [2.75, 3.05) is 6.61 Å². The first-order valence-corrected chi connectivity index (χ1v) is 2.25. The monoisotopic (exact) mass is 97.1 g/mol. The van der Waals surface area contributed by atoms with Gasteiger partial charge in [0.1, 0.15) is 6.61 Å². The van der Waals surface area contributed by atoms with Crippen LogP contribution in [0.25, 0.3) is 0 Å². The Labute approximate surface area is 42.5 Å². The summed E-state index contributed by atoms with van der Waals surface area (Å²) in [7, 11) is 0. The number of hydrogen-bond donors (Lipinski definition) is 0. The molecule has 1 rings (SSSR count). The van der Waals surface area contributed by atoms with E-state index in [1.54, 1.807) is 6.08 Å². The maximum Gasteiger partial charge on any atom is 0.122 e. The van der Waals surface area contributed by atoms with Crippen molar-refractivity contribution < 1.29 is 4.84 Å². The predicted octanol–water partition coefficient (Wildman–Crippen LogP) is 0.949. The summed E-state index contributed by atoms with van der Waals surface area (Å²) in [5.41, 5.74) is 0.958. The molecule has 0 amide bonds. The Hall–Kier alpha value is -0.790. The molecule has 1 aliphatic rings. The highest BCUT2D eigenvalue weighted by molar-refractivity contribution is 5.94. The van der Waals surface area contributed by atoms with Crippen LogP contribution in [-0.2, 0) is 4.84 Å². The summed E-state index contributed by atoms with van der Waals surface area (Å²) in [4.78, 5) is 4.66. The maximum atomic E-state index is 4.66. The van der Waals surface area contributed by atoms with Gasteiger partial charge in [0.05, 0.1) is 5.71 Å². The molecule has 38 valence electrons. The zero-order chi connectivity index (χ0) is 5.11. The van der Waals surface area contributed by atoms with Crippen molar-refractivity contribution >= 4 is 5.71 Å². The smallest absolute Gasteiger partial charge is 0.122 e. The van der Waals surface area contributed by atoms with Gasteiger partial charge in [-0.15, -0.1) is 0 Å². The molecule has 0 N–H and O–H groups in total. The van der Waals surface area contributed by atoms with Gasteiger partial charge in [-0.25, -0.2) is 0 Å². The van der Waals surface area contributed by atoms with E-state index in [4.69, 9.17) is 0 Å². The average Bonchev–Trinajstić information content (AvgIpc) is 2.14. The molecule has 0 saturated heterocycles. The molecular weight excluding hydrogens is 90.1 g/mol. The standard InChI is InChI=1S/C5H7NO/c1-2-5-3-4-7-6-5/h2H,1,3-4H2. The molecule has 2 nitrogen and oxygen atoms in total. The number of allylic oxidation sites excluding steroid dienone is 1. The van der Waals surface area contributed by atoms with E-state index in [0.29, 0.717) is 0 Å². The molecule has 0 bridgehead atoms. The van der Waals surface area contributed by atoms with E-state index in [2.05, 4.69) is 16.6 Å². The highest BCUT2D eigenvalue weighted by atomic mass is 16.6. The van der Waals surface area contributed by atoms with Crippen LogP contribution in [0.1, 0.15) is 6.42 Å². The molecule has 0 fully saturated rings. The van der Waals surface area contributed by atoms with E-state index < -0.39 is 0 Å². The average molecular weight is 97.1 g/mol. The molecular formula is C5H7NO. The Bertz CT molecular complexity index is 107. The largest absolute Gasteiger partial charge is 0.395 e. The van der Waals surface area contributed by atoms with Gasteiger partial charge in [-0.1, -0.05) is 11.7 Å². The molecule has 2 heteroatoms. The van der Waals surface area contributed by atoms with Crippen molar-refractivity contribution in [2.24, 2.45) is 5.16 Å². The summed E-state index contributed by atoms with van der Waals surface area (Å²) in [6.07, 6.45) is 2.64. The Morgan fingerprint density at radius 1 is 1.86 bits per heavy atom. The van der Waals surface area contributed by atoms with Crippen LogP contribution in [0.4, 0.5) is 0 Å². The quantitative estimate of drug-likeness (QED) is 0.477. The van der Waals surface area contributed by atoms with Gasteiger partial charge in [-0.3, -0.25) is 0 Å². The minimum atomic E-state index is 0.724. The summed E-state index contributed by atoms with van der Waals surface area (Å²) < 4.78 is 0. The highest BCUT2D eigenvalue weighted by Crippen LogP contribution is 1.98. The van der Waals surface area contributed by atoms with Crippen molar-refractivity contribution in [1.29, 1.82) is 0 Å². The lowest BCUT2D eigenvalue weighted by Crippen LogP contribution is -1.84. The maximum absolute atomic E-state index is 4.66. The third kappa shape index (κ3) is 0.796. The van der Waals surface area contributed by atoms with Gasteiger partial charge in [0.2, 0.25) is 0 Å². The molecule has 0 spiro atoms. The van der Waals surface area contributed by atoms with Gasteiger partial charge in [0, 0.05) is 6.42 Å². The molecule has 0 aromatic carbocycles. The molecule has 0 radical (unpaired) electrons. The van der Waals surface area contributed by atoms with Crippen LogP contribution < -0.4 is 0 Å². The summed E-state index contributed by atoms with van der Waals surface area (Å²) in [5, 5.41) is 3.65. The second-order valence-electron chi connectivity index (χ2n) is 1.37. The summed E-state index contributed by atoms with van der Waals surface area (Å²) >= 11 is 0. The number of hydrogen-bond acceptors (Lipinski definition) is 2. The van der Waals surface area contributed by atoms with Crippen molar-refractivity contribution in [1.82, 2.24) is 0 Å². The summed E-state index contributed by atoms with van der Waals surface area (Å²) in [5.74, 6) is 0. The second-order valence-corrected chi connectivity index (χ2v) is 1.37. The van der Waals surface area contributed by atoms with Gasteiger partial charge >= 0.3 is 0 Å². The van der Waals surface area contributed by atoms with Gasteiger partial charge < -0.3 is 4.84 Å². The lowest BCUT2D eigenvalue weighted by molar-refractivity contribution is 0.174. The topological polar surface area (TPSA) is 21.6 Å². The van der Waals surface area contributed by atoms with E-state index in [1.807, 2.05) is 0 Å². The highest BCUT2D eigenvalue weighted by Gasteiger charge is 2.00. The Kier molecular flexibility index (Phi) is 1.11. The molecule has 0 aliphatic carbocycles. The third-order valence-electron chi connectivity index (χ3n) is 0.867. The van der Waals surface area contributed by atoms with E-state index in [1.165, 1.54) is 0 Å². The van der Waals surface area contributed by atoms with Crippen LogP contribution in [0, 0.1) is 0 Å². The van der Waals surface area contributed by atoms with Crippen LogP contribution in [0.15, 0.2) is 17.8 Å². The van der Waals surface area contributed by atoms with Crippen molar-refractivity contribution in [2.45, 2.75) is 6.42 Å². The van der Waals surface area contributed by atoms with E-state index in [0.717, 1.165) is 18.7 Å². The lowest BCUT2D eigenvalue weighted by Gasteiger charge is -1.75. The fourth-order valence-electron chi connectivity index (χ4n) is 0.464. The van der Waals surface area contributed by atoms with Gasteiger partial charge in [-0.05, 0) is 6.08 Å². The first kappa shape index (κ1) is 4.37. The zero-order valence-electron chi connectivity index (χ0n) is 4.05. The Morgan fingerprint density at radius 2 is 2.71 bits per heavy atom. The Balaban J connectivity index is 2.51. The number of nitrogens with zero attached hydrogens (tertiary/aromatic N) is 1. The summed E-state index contributed by atoms with van der Waals surface area (Å²) in [6.45, 7) is 4.26. The number of rotatable bonds is 1. The van der Waals surface area contributed by atoms with Gasteiger partial charge in [0.15, 0.2) is 0 Å². The molecule has 0 unspecified atom stereocenters. The first-order valence-electron chi connectivity index (χ1n) is 2.25. The van der Waals surface area contributed by atoms with Crippen LogP contribution in [-0.4, -0.2) is 12.3 Å². The van der Waals surface area contributed by atoms with Crippen LogP contribution in [0.3, 0.4) is 0 Å². The molecule has 0 aromatic heterocycles. The fourth-order valence-corrected chi connectivity index (χ4v) is 0.464. The van der Waals surface area contributed by atoms with Gasteiger partial charge in [0.25, 0.3) is 0 Å². The zero-order valence-corrected chi connectivity index (χ0v) is 4.05. The van der Waals surface area contributed by atoms with E-state index >= 15 is 0 Å². The van der Waals surface area contributed by atoms with E-state index in [9.17, 15) is 0 Å². The molecule has 1 heterocycles. The normalized spacial score (nSPS) is 18.0. The lowest BCUT2D eigenvalue weighted by atomic mass is 10.3. The van der Waals surface area contributed by atoms with Crippen molar-refractivity contribution in [3.05, 3.63) is 12.7 Å². The van der Waals surface area contributed by atoms with Gasteiger partial charge in [-0.2, -0.15) is 0 Å². The minimum Gasteiger partial charge on any atom is -0.395 e. The van der Waals surface area contributed by atoms with Crippen LogP contribution in [0.2, 0.25) is 0 Å². The molecule has 1 aliphatic heterocycles. The molecule has 0 saturated carbocycles. The van der Waals surface area contributed by atoms with Crippen molar-refractivity contribution in [3.63, 3.8) is 0 Å². The first-order chi connectivity index (χ1) is 3.43. The fraction of sp³-hybridized carbons (Fsp3) is 0.400. The van der Waals surface area contributed by atoms with E-state index in [-0.39, 0.29) is 0 Å². The van der Waals surface area contributed by atoms with Crippen LogP contribution >= 0.6 is 0 Å². The molecule has 0 atom stereocenters. The summed E-state index contributed by atoms with van der Waals surface area (Å²) in [6, 6.07) is 0. The SMILES string of the molecule is C=CC1=NOCC1. The number of oxime groups is 1. The van der Waals surface area contributed by atoms with Crippen molar-refractivity contribution in [3.8, 4) is 0 Å². The minimum absolute atomic E-state index is 0.724. The second kappa shape index (κ2) is 1.78. The molecule has 7 heavy (non-hydrogen) atoms. The third-order valence-corrected chi connectivity index (χ3v) is 0.867.